The zero-order chi connectivity index (χ0) is 22.4. The molecule has 0 unspecified atom stereocenters. The molecule has 166 valence electrons. The molecule has 0 spiro atoms. The van der Waals surface area contributed by atoms with E-state index in [1.165, 1.54) is 25.3 Å². The number of rotatable bonds is 4. The van der Waals surface area contributed by atoms with Crippen LogP contribution < -0.4 is 10.2 Å². The van der Waals surface area contributed by atoms with Crippen LogP contribution in [0.4, 0.5) is 0 Å². The molecule has 1 aliphatic heterocycles. The third-order valence-electron chi connectivity index (χ3n) is 5.36. The Morgan fingerprint density at radius 3 is 2.42 bits per heavy atom. The fraction of sp³-hybridized carbons (Fsp3) is 0.381. The number of aromatic hydroxyl groups is 2. The van der Waals surface area contributed by atoms with E-state index in [1.54, 1.807) is 6.92 Å². The Morgan fingerprint density at radius 2 is 1.74 bits per heavy atom. The number of phenolic OH excluding ortho intramolecular Hbond substituents is 2. The summed E-state index contributed by atoms with van der Waals surface area (Å²) in [7, 11) is 1.32. The molecule has 5 N–H and O–H groups in total. The first-order valence-corrected chi connectivity index (χ1v) is 9.50. The molecule has 1 saturated heterocycles. The highest BCUT2D eigenvalue weighted by Crippen LogP contribution is 2.33. The number of methoxy groups -OCH3 is 1. The number of hydrogen-bond donors (Lipinski definition) is 5. The Morgan fingerprint density at radius 1 is 1.03 bits per heavy atom. The highest BCUT2D eigenvalue weighted by Gasteiger charge is 2.45. The van der Waals surface area contributed by atoms with Crippen molar-refractivity contribution < 1.29 is 44.2 Å². The van der Waals surface area contributed by atoms with Gasteiger partial charge in [-0.25, -0.2) is 0 Å². The second-order valence-electron chi connectivity index (χ2n) is 7.41. The van der Waals surface area contributed by atoms with E-state index in [0.717, 1.165) is 6.07 Å². The molecular weight excluding hydrogens is 412 g/mol. The van der Waals surface area contributed by atoms with Gasteiger partial charge in [0.1, 0.15) is 58.2 Å². The van der Waals surface area contributed by atoms with Crippen molar-refractivity contribution in [2.24, 2.45) is 0 Å². The van der Waals surface area contributed by atoms with Crippen LogP contribution in [0.15, 0.2) is 33.5 Å². The molecule has 5 atom stereocenters. The normalized spacial score (nSPS) is 26.4. The van der Waals surface area contributed by atoms with Crippen LogP contribution >= 0.6 is 0 Å². The van der Waals surface area contributed by atoms with E-state index in [2.05, 4.69) is 0 Å². The lowest BCUT2D eigenvalue weighted by Gasteiger charge is -2.41. The van der Waals surface area contributed by atoms with Crippen LogP contribution in [-0.4, -0.2) is 70.0 Å². The summed E-state index contributed by atoms with van der Waals surface area (Å²) in [6.45, 7) is 1.17. The van der Waals surface area contributed by atoms with Gasteiger partial charge in [0, 0.05) is 25.3 Å². The van der Waals surface area contributed by atoms with Crippen molar-refractivity contribution in [3.63, 3.8) is 0 Å². The fourth-order valence-corrected chi connectivity index (χ4v) is 3.88. The van der Waals surface area contributed by atoms with Gasteiger partial charge in [0.05, 0.1) is 12.0 Å². The first-order chi connectivity index (χ1) is 14.7. The molecule has 2 aromatic carbocycles. The van der Waals surface area contributed by atoms with Crippen molar-refractivity contribution in [1.82, 2.24) is 0 Å². The Kier molecular flexibility index (Phi) is 5.50. The number of aliphatic hydroxyl groups excluding tert-OH is 3. The fourth-order valence-electron chi connectivity index (χ4n) is 3.88. The van der Waals surface area contributed by atoms with Gasteiger partial charge in [-0.3, -0.25) is 4.79 Å². The van der Waals surface area contributed by atoms with Gasteiger partial charge in [0.15, 0.2) is 0 Å². The number of phenols is 2. The second-order valence-corrected chi connectivity index (χ2v) is 7.41. The van der Waals surface area contributed by atoms with Crippen LogP contribution in [0.1, 0.15) is 5.56 Å². The Labute approximate surface area is 175 Å². The van der Waals surface area contributed by atoms with Crippen molar-refractivity contribution in [3.8, 4) is 17.2 Å². The lowest BCUT2D eigenvalue weighted by atomic mass is 9.99. The van der Waals surface area contributed by atoms with Gasteiger partial charge < -0.3 is 44.2 Å². The minimum atomic E-state index is -1.47. The average molecular weight is 434 g/mol. The molecule has 4 rings (SSSR count). The summed E-state index contributed by atoms with van der Waals surface area (Å²) in [4.78, 5) is 12.9. The monoisotopic (exact) mass is 434 g/mol. The average Bonchev–Trinajstić information content (AvgIpc) is 2.70. The third kappa shape index (κ3) is 3.58. The molecule has 1 fully saturated rings. The largest absolute Gasteiger partial charge is 0.508 e. The summed E-state index contributed by atoms with van der Waals surface area (Å²) in [6, 6.07) is 5.17. The van der Waals surface area contributed by atoms with Crippen molar-refractivity contribution in [3.05, 3.63) is 40.1 Å². The van der Waals surface area contributed by atoms with Crippen LogP contribution in [0.2, 0.25) is 0 Å². The topological polar surface area (TPSA) is 159 Å². The van der Waals surface area contributed by atoms with Crippen LogP contribution in [0.5, 0.6) is 17.2 Å². The van der Waals surface area contributed by atoms with E-state index in [9.17, 15) is 30.3 Å². The molecule has 10 heteroatoms. The van der Waals surface area contributed by atoms with Gasteiger partial charge in [-0.15, -0.1) is 0 Å². The highest BCUT2D eigenvalue weighted by molar-refractivity contribution is 5.95. The maximum atomic E-state index is 12.9. The lowest BCUT2D eigenvalue weighted by Crippen LogP contribution is -2.60. The van der Waals surface area contributed by atoms with Crippen molar-refractivity contribution in [2.75, 3.05) is 13.7 Å². The summed E-state index contributed by atoms with van der Waals surface area (Å²) in [6.07, 6.45) is -6.03. The number of fused-ring (bicyclic) bond motifs is 2. The predicted molar refractivity (Wildman–Crippen MR) is 107 cm³/mol. The van der Waals surface area contributed by atoms with Crippen LogP contribution in [0.25, 0.3) is 21.9 Å². The van der Waals surface area contributed by atoms with E-state index in [-0.39, 0.29) is 33.4 Å². The Hall–Kier alpha value is -2.89. The summed E-state index contributed by atoms with van der Waals surface area (Å²) >= 11 is 0. The lowest BCUT2D eigenvalue weighted by molar-refractivity contribution is -0.281. The quantitative estimate of drug-likeness (QED) is 0.366. The van der Waals surface area contributed by atoms with Gasteiger partial charge in [-0.2, -0.15) is 0 Å². The molecule has 1 aliphatic rings. The van der Waals surface area contributed by atoms with Crippen molar-refractivity contribution in [2.45, 2.75) is 37.6 Å². The second kappa shape index (κ2) is 7.98. The zero-order valence-corrected chi connectivity index (χ0v) is 16.7. The summed E-state index contributed by atoms with van der Waals surface area (Å²) < 4.78 is 22.0. The van der Waals surface area contributed by atoms with E-state index >= 15 is 0 Å². The van der Waals surface area contributed by atoms with Gasteiger partial charge in [-0.1, -0.05) is 0 Å². The SMILES string of the molecule is CO[C@@H]1[C@H](O)[C@H](O)[C@@H](Oc2cc(C)c3c(=O)c4c(O)cc(O)cc4oc3c2)O[C@H]1CO. The first kappa shape index (κ1) is 21.3. The molecule has 1 aromatic heterocycles. The molecule has 10 nitrogen and oxygen atoms in total. The molecule has 0 aliphatic carbocycles. The number of aryl methyl sites for hydroxylation is 1. The van der Waals surface area contributed by atoms with E-state index in [1.807, 2.05) is 0 Å². The molecule has 0 amide bonds. The minimum absolute atomic E-state index is 0.0146. The molecule has 0 saturated carbocycles. The first-order valence-electron chi connectivity index (χ1n) is 9.50. The summed E-state index contributed by atoms with van der Waals surface area (Å²) in [5, 5.41) is 50.0. The van der Waals surface area contributed by atoms with Crippen LogP contribution in [0.3, 0.4) is 0 Å². The maximum Gasteiger partial charge on any atom is 0.229 e. The van der Waals surface area contributed by atoms with Gasteiger partial charge in [0.2, 0.25) is 11.7 Å². The molecule has 31 heavy (non-hydrogen) atoms. The zero-order valence-electron chi connectivity index (χ0n) is 16.7. The smallest absolute Gasteiger partial charge is 0.229 e. The number of aliphatic hydroxyl groups is 3. The van der Waals surface area contributed by atoms with E-state index in [0.29, 0.717) is 5.56 Å². The Bertz CT molecular complexity index is 1180. The number of ether oxygens (including phenoxy) is 3. The third-order valence-corrected chi connectivity index (χ3v) is 5.36. The number of hydrogen-bond acceptors (Lipinski definition) is 10. The minimum Gasteiger partial charge on any atom is -0.508 e. The highest BCUT2D eigenvalue weighted by atomic mass is 16.7. The Balaban J connectivity index is 1.75. The maximum absolute atomic E-state index is 12.9. The molecule has 3 aromatic rings. The van der Waals surface area contributed by atoms with Gasteiger partial charge in [-0.05, 0) is 18.6 Å². The van der Waals surface area contributed by atoms with Gasteiger partial charge in [0.25, 0.3) is 0 Å². The van der Waals surface area contributed by atoms with Crippen LogP contribution in [0, 0.1) is 6.92 Å². The summed E-state index contributed by atoms with van der Waals surface area (Å²) in [5.74, 6) is -0.506. The molecule has 0 radical (unpaired) electrons. The molecular formula is C21H22O10. The van der Waals surface area contributed by atoms with Crippen molar-refractivity contribution >= 4 is 21.9 Å². The van der Waals surface area contributed by atoms with E-state index in [4.69, 9.17) is 18.6 Å². The predicted octanol–water partition coefficient (Wildman–Crippen LogP) is 0.499. The molecule has 0 bridgehead atoms. The van der Waals surface area contributed by atoms with E-state index < -0.39 is 48.5 Å². The van der Waals surface area contributed by atoms with Gasteiger partial charge >= 0.3 is 0 Å². The summed E-state index contributed by atoms with van der Waals surface area (Å²) in [5.41, 5.74) is 0.0939. The van der Waals surface area contributed by atoms with Crippen molar-refractivity contribution in [1.29, 1.82) is 0 Å². The standard InChI is InChI=1S/C21H22O10/c1-8-3-10(29-21-19(27)18(26)20(28-2)14(7-22)31-21)6-13-15(8)17(25)16-11(24)4-9(23)5-12(16)30-13/h3-6,14,18-24,26-27H,7H2,1-2H3/t14-,18+,19-,20-,21-/m0/s1. The van der Waals surface area contributed by atoms with Crippen LogP contribution in [-0.2, 0) is 9.47 Å². The number of benzene rings is 2. The molecule has 2 heterocycles.